The van der Waals surface area contributed by atoms with Gasteiger partial charge in [0.2, 0.25) is 0 Å². The van der Waals surface area contributed by atoms with Crippen LogP contribution in [0, 0.1) is 11.8 Å². The molecule has 0 heterocycles. The molecule has 1 aromatic rings. The van der Waals surface area contributed by atoms with Gasteiger partial charge >= 0.3 is 0 Å². The van der Waals surface area contributed by atoms with E-state index in [-0.39, 0.29) is 5.41 Å². The zero-order valence-corrected chi connectivity index (χ0v) is 15.9. The highest BCUT2D eigenvalue weighted by Gasteiger charge is 2.33. The minimum Gasteiger partial charge on any atom is -0.493 e. The average Bonchev–Trinajstić information content (AvgIpc) is 2.54. The van der Waals surface area contributed by atoms with Crippen molar-refractivity contribution in [2.45, 2.75) is 71.6 Å². The summed E-state index contributed by atoms with van der Waals surface area (Å²) < 4.78 is 11.0. The molecule has 2 unspecified atom stereocenters. The number of fused-ring (bicyclic) bond motifs is 1. The Morgan fingerprint density at radius 2 is 1.78 bits per heavy atom. The predicted octanol–water partition coefficient (Wildman–Crippen LogP) is 5.76. The highest BCUT2D eigenvalue weighted by molar-refractivity contribution is 5.50. The summed E-state index contributed by atoms with van der Waals surface area (Å²) in [6.45, 7) is 9.50. The Balaban J connectivity index is 2.28. The number of rotatable bonds is 7. The van der Waals surface area contributed by atoms with E-state index in [0.717, 1.165) is 29.8 Å². The summed E-state index contributed by atoms with van der Waals surface area (Å²) in [5.41, 5.74) is 3.21. The number of hydrogen-bond acceptors (Lipinski definition) is 2. The van der Waals surface area contributed by atoms with Crippen molar-refractivity contribution in [2.24, 2.45) is 11.8 Å². The van der Waals surface area contributed by atoms with Crippen LogP contribution >= 0.6 is 0 Å². The van der Waals surface area contributed by atoms with Gasteiger partial charge in [0.25, 0.3) is 0 Å². The smallest absolute Gasteiger partial charge is 0.161 e. The topological polar surface area (TPSA) is 18.5 Å². The van der Waals surface area contributed by atoms with E-state index in [4.69, 9.17) is 9.47 Å². The van der Waals surface area contributed by atoms with Crippen LogP contribution in [0.15, 0.2) is 12.1 Å². The highest BCUT2D eigenvalue weighted by Crippen LogP contribution is 2.45. The fourth-order valence-corrected chi connectivity index (χ4v) is 4.27. The van der Waals surface area contributed by atoms with Crippen LogP contribution in [0.3, 0.4) is 0 Å². The predicted molar refractivity (Wildman–Crippen MR) is 97.7 cm³/mol. The van der Waals surface area contributed by atoms with Crippen molar-refractivity contribution in [3.05, 3.63) is 23.3 Å². The second-order valence-electron chi connectivity index (χ2n) is 7.73. The summed E-state index contributed by atoms with van der Waals surface area (Å²) in [4.78, 5) is 0. The van der Waals surface area contributed by atoms with Crippen molar-refractivity contribution in [3.8, 4) is 11.5 Å². The molecule has 1 aliphatic rings. The first-order valence-corrected chi connectivity index (χ1v) is 9.20. The van der Waals surface area contributed by atoms with Gasteiger partial charge in [-0.2, -0.15) is 0 Å². The number of methoxy groups -OCH3 is 2. The van der Waals surface area contributed by atoms with E-state index in [0.29, 0.717) is 0 Å². The van der Waals surface area contributed by atoms with E-state index in [2.05, 4.69) is 39.8 Å². The Hall–Kier alpha value is -1.18. The molecule has 2 atom stereocenters. The molecule has 0 saturated heterocycles. The zero-order valence-electron chi connectivity index (χ0n) is 15.9. The number of hydrogen-bond donors (Lipinski definition) is 0. The molecule has 0 radical (unpaired) electrons. The monoisotopic (exact) mass is 318 g/mol. The van der Waals surface area contributed by atoms with Crippen molar-refractivity contribution in [1.29, 1.82) is 0 Å². The molecule has 0 spiro atoms. The van der Waals surface area contributed by atoms with Crippen molar-refractivity contribution in [2.75, 3.05) is 14.2 Å². The van der Waals surface area contributed by atoms with Gasteiger partial charge in [-0.05, 0) is 72.6 Å². The molecular formula is C21H34O2. The third kappa shape index (κ3) is 3.84. The molecule has 0 aliphatic heterocycles. The van der Waals surface area contributed by atoms with Gasteiger partial charge in [0.15, 0.2) is 11.5 Å². The SMILES string of the molecule is CCC(CCC1(C)CCCc2cc(OC)c(OC)cc21)C(C)C. The van der Waals surface area contributed by atoms with Crippen molar-refractivity contribution in [1.82, 2.24) is 0 Å². The lowest BCUT2D eigenvalue weighted by Gasteiger charge is -2.38. The largest absolute Gasteiger partial charge is 0.493 e. The summed E-state index contributed by atoms with van der Waals surface area (Å²) in [6.07, 6.45) is 7.59. The average molecular weight is 319 g/mol. The molecule has 0 saturated carbocycles. The van der Waals surface area contributed by atoms with Gasteiger partial charge in [-0.25, -0.2) is 0 Å². The molecule has 0 aromatic heterocycles. The van der Waals surface area contributed by atoms with Crippen molar-refractivity contribution < 1.29 is 9.47 Å². The van der Waals surface area contributed by atoms with Gasteiger partial charge in [-0.1, -0.05) is 34.1 Å². The number of benzene rings is 1. The van der Waals surface area contributed by atoms with Crippen LogP contribution < -0.4 is 9.47 Å². The van der Waals surface area contributed by atoms with Crippen LogP contribution in [0.25, 0.3) is 0 Å². The van der Waals surface area contributed by atoms with Crippen LogP contribution in [0.5, 0.6) is 11.5 Å². The Morgan fingerprint density at radius 3 is 2.35 bits per heavy atom. The molecule has 2 nitrogen and oxygen atoms in total. The van der Waals surface area contributed by atoms with Gasteiger partial charge in [0, 0.05) is 0 Å². The lowest BCUT2D eigenvalue weighted by atomic mass is 9.67. The van der Waals surface area contributed by atoms with E-state index in [9.17, 15) is 0 Å². The Morgan fingerprint density at radius 1 is 1.13 bits per heavy atom. The van der Waals surface area contributed by atoms with Crippen molar-refractivity contribution >= 4 is 0 Å². The summed E-state index contributed by atoms with van der Waals surface area (Å²) in [5.74, 6) is 3.34. The molecule has 0 bridgehead atoms. The maximum atomic E-state index is 5.56. The summed E-state index contributed by atoms with van der Waals surface area (Å²) in [6, 6.07) is 4.44. The molecule has 130 valence electrons. The van der Waals surface area contributed by atoms with E-state index in [1.54, 1.807) is 14.2 Å². The van der Waals surface area contributed by atoms with Gasteiger partial charge in [0.05, 0.1) is 14.2 Å². The number of ether oxygens (including phenoxy) is 2. The van der Waals surface area contributed by atoms with Crippen molar-refractivity contribution in [3.63, 3.8) is 0 Å². The summed E-state index contributed by atoms with van der Waals surface area (Å²) in [5, 5.41) is 0. The van der Waals surface area contributed by atoms with Gasteiger partial charge in [0.1, 0.15) is 0 Å². The lowest BCUT2D eigenvalue weighted by Crippen LogP contribution is -2.29. The standard InChI is InChI=1S/C21H34O2/c1-7-16(15(2)3)10-12-21(4)11-8-9-17-13-19(22-5)20(23-6)14-18(17)21/h13-16H,7-12H2,1-6H3. The van der Waals surface area contributed by atoms with Crippen LogP contribution in [0.2, 0.25) is 0 Å². The Bertz CT molecular complexity index is 521. The molecular weight excluding hydrogens is 284 g/mol. The Kier molecular flexibility index (Phi) is 6.00. The molecule has 0 amide bonds. The van der Waals surface area contributed by atoms with Gasteiger partial charge in [-0.15, -0.1) is 0 Å². The van der Waals surface area contributed by atoms with E-state index >= 15 is 0 Å². The van der Waals surface area contributed by atoms with Crippen LogP contribution in [-0.2, 0) is 11.8 Å². The third-order valence-electron chi connectivity index (χ3n) is 5.97. The van der Waals surface area contributed by atoms with Crippen LogP contribution in [0.1, 0.15) is 70.9 Å². The minimum absolute atomic E-state index is 0.273. The summed E-state index contributed by atoms with van der Waals surface area (Å²) >= 11 is 0. The molecule has 1 aromatic carbocycles. The van der Waals surface area contributed by atoms with Crippen LogP contribution in [0.4, 0.5) is 0 Å². The molecule has 0 fully saturated rings. The lowest BCUT2D eigenvalue weighted by molar-refractivity contribution is 0.276. The van der Waals surface area contributed by atoms with E-state index < -0.39 is 0 Å². The first kappa shape index (κ1) is 18.2. The first-order chi connectivity index (χ1) is 10.9. The quantitative estimate of drug-likeness (QED) is 0.636. The summed E-state index contributed by atoms with van der Waals surface area (Å²) in [7, 11) is 3.46. The molecule has 0 N–H and O–H groups in total. The van der Waals surface area contributed by atoms with E-state index in [1.807, 2.05) is 0 Å². The third-order valence-corrected chi connectivity index (χ3v) is 5.97. The molecule has 1 aliphatic carbocycles. The highest BCUT2D eigenvalue weighted by atomic mass is 16.5. The second-order valence-corrected chi connectivity index (χ2v) is 7.73. The maximum absolute atomic E-state index is 5.56. The fourth-order valence-electron chi connectivity index (χ4n) is 4.27. The van der Waals surface area contributed by atoms with Crippen LogP contribution in [-0.4, -0.2) is 14.2 Å². The zero-order chi connectivity index (χ0) is 17.0. The fraction of sp³-hybridized carbons (Fsp3) is 0.714. The minimum atomic E-state index is 0.273. The Labute approximate surface area is 142 Å². The number of aryl methyl sites for hydroxylation is 1. The maximum Gasteiger partial charge on any atom is 0.161 e. The first-order valence-electron chi connectivity index (χ1n) is 9.20. The molecule has 2 rings (SSSR count). The van der Waals surface area contributed by atoms with E-state index in [1.165, 1.54) is 43.2 Å². The van der Waals surface area contributed by atoms with Gasteiger partial charge in [-0.3, -0.25) is 0 Å². The molecule has 23 heavy (non-hydrogen) atoms. The van der Waals surface area contributed by atoms with Gasteiger partial charge < -0.3 is 9.47 Å². The normalized spacial score (nSPS) is 21.9. The molecule has 2 heteroatoms. The second kappa shape index (κ2) is 7.59.